The Morgan fingerprint density at radius 3 is 2.62 bits per heavy atom. The highest BCUT2D eigenvalue weighted by Crippen LogP contribution is 2.32. The van der Waals surface area contributed by atoms with Crippen LogP contribution in [0.5, 0.6) is 0 Å². The second-order valence-electron chi connectivity index (χ2n) is 4.79. The molecule has 0 aliphatic rings. The van der Waals surface area contributed by atoms with E-state index in [0.29, 0.717) is 11.7 Å². The summed E-state index contributed by atoms with van der Waals surface area (Å²) in [6, 6.07) is 13.7. The smallest absolute Gasteiger partial charge is 0.231 e. The minimum atomic E-state index is -0.172. The molecule has 0 saturated carbocycles. The first kappa shape index (κ1) is 14.4. The van der Waals surface area contributed by atoms with Crippen LogP contribution in [0.3, 0.4) is 0 Å². The van der Waals surface area contributed by atoms with Crippen molar-refractivity contribution in [1.29, 1.82) is 0 Å². The molecule has 0 aliphatic heterocycles. The zero-order chi connectivity index (χ0) is 14.8. The van der Waals surface area contributed by atoms with E-state index in [1.165, 1.54) is 0 Å². The van der Waals surface area contributed by atoms with Crippen LogP contribution in [0, 0.1) is 0 Å². The molecule has 2 N–H and O–H groups in total. The van der Waals surface area contributed by atoms with Gasteiger partial charge in [0.2, 0.25) is 11.7 Å². The third-order valence-electron chi connectivity index (χ3n) is 3.35. The van der Waals surface area contributed by atoms with Gasteiger partial charge in [-0.05, 0) is 33.6 Å². The van der Waals surface area contributed by atoms with E-state index in [1.807, 2.05) is 49.4 Å². The molecular weight excluding hydrogens is 350 g/mol. The Balaban J connectivity index is 1.82. The van der Waals surface area contributed by atoms with E-state index in [1.54, 1.807) is 11.3 Å². The van der Waals surface area contributed by atoms with Crippen LogP contribution in [0.2, 0.25) is 0 Å². The standard InChI is InChI=1S/C15H14BrN3OS/c1-9(13(17)10-5-3-2-4-6-10)15-18-14(19-20-15)11-7-8-12(16)21-11/h2-9,13H,17H2,1H3. The maximum absolute atomic E-state index is 6.29. The third kappa shape index (κ3) is 3.07. The highest BCUT2D eigenvalue weighted by molar-refractivity contribution is 9.11. The highest BCUT2D eigenvalue weighted by atomic mass is 79.9. The fourth-order valence-electron chi connectivity index (χ4n) is 2.07. The second kappa shape index (κ2) is 6.09. The Bertz CT molecular complexity index is 725. The second-order valence-corrected chi connectivity index (χ2v) is 7.25. The number of aromatic nitrogens is 2. The summed E-state index contributed by atoms with van der Waals surface area (Å²) >= 11 is 5.00. The molecule has 4 nitrogen and oxygen atoms in total. The molecule has 0 saturated heterocycles. The van der Waals surface area contributed by atoms with Crippen LogP contribution in [0.15, 0.2) is 50.8 Å². The lowest BCUT2D eigenvalue weighted by Crippen LogP contribution is -2.17. The SMILES string of the molecule is CC(c1nc(-c2ccc(Br)s2)no1)C(N)c1ccccc1. The van der Waals surface area contributed by atoms with Gasteiger partial charge in [-0.2, -0.15) is 4.98 Å². The number of halogens is 1. The summed E-state index contributed by atoms with van der Waals surface area (Å²) in [7, 11) is 0. The molecule has 0 radical (unpaired) electrons. The lowest BCUT2D eigenvalue weighted by Gasteiger charge is -2.16. The Morgan fingerprint density at radius 1 is 1.19 bits per heavy atom. The van der Waals surface area contributed by atoms with Gasteiger partial charge in [0.05, 0.1) is 14.6 Å². The third-order valence-corrected chi connectivity index (χ3v) is 4.97. The zero-order valence-corrected chi connectivity index (χ0v) is 13.8. The minimum Gasteiger partial charge on any atom is -0.339 e. The number of hydrogen-bond donors (Lipinski definition) is 1. The summed E-state index contributed by atoms with van der Waals surface area (Å²) in [5, 5.41) is 4.04. The molecule has 2 unspecified atom stereocenters. The van der Waals surface area contributed by atoms with Crippen molar-refractivity contribution in [2.45, 2.75) is 18.9 Å². The summed E-state index contributed by atoms with van der Waals surface area (Å²) in [6.45, 7) is 2.00. The lowest BCUT2D eigenvalue weighted by atomic mass is 9.95. The topological polar surface area (TPSA) is 64.9 Å². The van der Waals surface area contributed by atoms with Gasteiger partial charge in [0, 0.05) is 6.04 Å². The molecule has 0 bridgehead atoms. The maximum Gasteiger partial charge on any atom is 0.231 e. The van der Waals surface area contributed by atoms with Gasteiger partial charge in [0.1, 0.15) is 0 Å². The number of benzene rings is 1. The summed E-state index contributed by atoms with van der Waals surface area (Å²) in [4.78, 5) is 5.44. The highest BCUT2D eigenvalue weighted by Gasteiger charge is 2.23. The lowest BCUT2D eigenvalue weighted by molar-refractivity contribution is 0.344. The summed E-state index contributed by atoms with van der Waals surface area (Å²) in [5.41, 5.74) is 7.35. The van der Waals surface area contributed by atoms with Crippen molar-refractivity contribution >= 4 is 27.3 Å². The van der Waals surface area contributed by atoms with Crippen molar-refractivity contribution in [3.05, 3.63) is 57.7 Å². The minimum absolute atomic E-state index is 0.0444. The van der Waals surface area contributed by atoms with E-state index in [4.69, 9.17) is 10.3 Å². The molecule has 108 valence electrons. The van der Waals surface area contributed by atoms with Crippen molar-refractivity contribution in [3.63, 3.8) is 0 Å². The fourth-order valence-corrected chi connectivity index (χ4v) is 3.38. The van der Waals surface area contributed by atoms with Gasteiger partial charge in [0.25, 0.3) is 0 Å². The molecule has 21 heavy (non-hydrogen) atoms. The molecule has 6 heteroatoms. The van der Waals surface area contributed by atoms with E-state index in [-0.39, 0.29) is 12.0 Å². The Labute approximate surface area is 135 Å². The van der Waals surface area contributed by atoms with Crippen molar-refractivity contribution in [2.24, 2.45) is 5.73 Å². The Kier molecular flexibility index (Phi) is 4.19. The van der Waals surface area contributed by atoms with Crippen molar-refractivity contribution in [2.75, 3.05) is 0 Å². The molecule has 3 aromatic rings. The number of thiophene rings is 1. The van der Waals surface area contributed by atoms with Gasteiger partial charge >= 0.3 is 0 Å². The predicted octanol–water partition coefficient (Wildman–Crippen LogP) is 4.36. The molecule has 0 fully saturated rings. The molecule has 2 heterocycles. The molecule has 3 rings (SSSR count). The molecule has 1 aromatic carbocycles. The van der Waals surface area contributed by atoms with E-state index in [0.717, 1.165) is 14.2 Å². The maximum atomic E-state index is 6.29. The van der Waals surface area contributed by atoms with Crippen molar-refractivity contribution < 1.29 is 4.52 Å². The molecule has 0 amide bonds. The molecule has 0 spiro atoms. The molecule has 2 aromatic heterocycles. The van der Waals surface area contributed by atoms with Gasteiger partial charge in [-0.3, -0.25) is 0 Å². The van der Waals surface area contributed by atoms with Gasteiger partial charge in [-0.25, -0.2) is 0 Å². The van der Waals surface area contributed by atoms with Gasteiger partial charge in [-0.15, -0.1) is 11.3 Å². The largest absolute Gasteiger partial charge is 0.339 e. The van der Waals surface area contributed by atoms with Gasteiger partial charge in [0.15, 0.2) is 0 Å². The van der Waals surface area contributed by atoms with E-state index >= 15 is 0 Å². The summed E-state index contributed by atoms with van der Waals surface area (Å²) in [5.74, 6) is 1.12. The fraction of sp³-hybridized carbons (Fsp3) is 0.200. The molecular formula is C15H14BrN3OS. The first-order valence-corrected chi connectivity index (χ1v) is 8.16. The van der Waals surface area contributed by atoms with E-state index < -0.39 is 0 Å². The van der Waals surface area contributed by atoms with Gasteiger partial charge < -0.3 is 10.3 Å². The van der Waals surface area contributed by atoms with Crippen molar-refractivity contribution in [3.8, 4) is 10.7 Å². The first-order chi connectivity index (χ1) is 10.1. The quantitative estimate of drug-likeness (QED) is 0.747. The Morgan fingerprint density at radius 2 is 1.95 bits per heavy atom. The van der Waals surface area contributed by atoms with Crippen LogP contribution in [0.1, 0.15) is 30.3 Å². The summed E-state index contributed by atoms with van der Waals surface area (Å²) < 4.78 is 6.42. The number of nitrogens with two attached hydrogens (primary N) is 1. The number of hydrogen-bond acceptors (Lipinski definition) is 5. The summed E-state index contributed by atoms with van der Waals surface area (Å²) in [6.07, 6.45) is 0. The van der Waals surface area contributed by atoms with Crippen LogP contribution in [0.25, 0.3) is 10.7 Å². The average Bonchev–Trinajstić information content (AvgIpc) is 3.15. The molecule has 2 atom stereocenters. The predicted molar refractivity (Wildman–Crippen MR) is 87.1 cm³/mol. The van der Waals surface area contributed by atoms with Crippen LogP contribution in [-0.4, -0.2) is 10.1 Å². The first-order valence-electron chi connectivity index (χ1n) is 6.55. The zero-order valence-electron chi connectivity index (χ0n) is 11.4. The average molecular weight is 364 g/mol. The van der Waals surface area contributed by atoms with Crippen LogP contribution >= 0.6 is 27.3 Å². The van der Waals surface area contributed by atoms with Gasteiger partial charge in [-0.1, -0.05) is 42.4 Å². The number of nitrogens with zero attached hydrogens (tertiary/aromatic N) is 2. The number of rotatable bonds is 4. The monoisotopic (exact) mass is 363 g/mol. The van der Waals surface area contributed by atoms with E-state index in [9.17, 15) is 0 Å². The van der Waals surface area contributed by atoms with Crippen LogP contribution in [0.4, 0.5) is 0 Å². The Hall–Kier alpha value is -1.50. The normalized spacial score (nSPS) is 14.0. The van der Waals surface area contributed by atoms with Crippen LogP contribution < -0.4 is 5.73 Å². The van der Waals surface area contributed by atoms with Crippen molar-refractivity contribution in [1.82, 2.24) is 10.1 Å². The van der Waals surface area contributed by atoms with E-state index in [2.05, 4.69) is 26.1 Å². The molecule has 0 aliphatic carbocycles. The van der Waals surface area contributed by atoms with Crippen LogP contribution in [-0.2, 0) is 0 Å².